The van der Waals surface area contributed by atoms with Crippen LogP contribution in [0.4, 0.5) is 15.8 Å². The maximum Gasteiger partial charge on any atom is 0.322 e. The smallest absolute Gasteiger partial charge is 0.322 e. The van der Waals surface area contributed by atoms with E-state index in [9.17, 15) is 14.0 Å². The molecule has 0 spiro atoms. The Morgan fingerprint density at radius 2 is 1.87 bits per heavy atom. The Morgan fingerprint density at radius 1 is 1.11 bits per heavy atom. The van der Waals surface area contributed by atoms with Gasteiger partial charge in [-0.3, -0.25) is 14.5 Å². The van der Waals surface area contributed by atoms with E-state index in [1.54, 1.807) is 6.07 Å². The summed E-state index contributed by atoms with van der Waals surface area (Å²) in [5.41, 5.74) is 9.42. The van der Waals surface area contributed by atoms with Crippen LogP contribution < -0.4 is 20.5 Å². The molecule has 1 aromatic carbocycles. The van der Waals surface area contributed by atoms with Gasteiger partial charge in [0.05, 0.1) is 18.4 Å². The predicted molar refractivity (Wildman–Crippen MR) is 173 cm³/mol. The number of hydrogen-bond donors (Lipinski definition) is 3. The lowest BCUT2D eigenvalue weighted by Gasteiger charge is -2.40. The van der Waals surface area contributed by atoms with Crippen LogP contribution in [0.1, 0.15) is 47.4 Å². The topological polar surface area (TPSA) is 139 Å². The van der Waals surface area contributed by atoms with Crippen LogP contribution in [0.15, 0.2) is 72.5 Å². The normalized spacial score (nSPS) is 15.5. The highest BCUT2D eigenvalue weighted by molar-refractivity contribution is 7.99. The maximum absolute atomic E-state index is 14.3. The summed E-state index contributed by atoms with van der Waals surface area (Å²) >= 11 is 1.52. The monoisotopic (exact) mass is 632 g/mol. The molecule has 1 saturated heterocycles. The number of primary amides is 1. The number of benzene rings is 1. The van der Waals surface area contributed by atoms with Crippen molar-refractivity contribution in [2.24, 2.45) is 5.73 Å². The largest absolute Gasteiger partial charge is 0.424 e. The standard InChI is InChI=1S/C32H37FN8O3S/c1-21-22(17-36-32(37-21)44-28-9-6-24(7-10-28)39-45-2)19-40-14-12-26(13-15-40)41(27-5-3-4-23(33)16-27)20-30(42)38-25-8-11-29(31(34)43)35-18-25/h5-11,16-18,26,39H,3-4,12-15,19-20H2,1-2H3,(H2,34,43)(H,38,42). The van der Waals surface area contributed by atoms with E-state index in [1.165, 1.54) is 30.3 Å². The van der Waals surface area contributed by atoms with Crippen LogP contribution in [0.5, 0.6) is 11.8 Å². The van der Waals surface area contributed by atoms with Crippen molar-refractivity contribution in [3.8, 4) is 11.8 Å². The van der Waals surface area contributed by atoms with E-state index in [0.717, 1.165) is 48.6 Å². The highest BCUT2D eigenvalue weighted by Gasteiger charge is 2.28. The van der Waals surface area contributed by atoms with E-state index in [-0.39, 0.29) is 30.0 Å². The lowest BCUT2D eigenvalue weighted by Crippen LogP contribution is -2.46. The van der Waals surface area contributed by atoms with Gasteiger partial charge in [-0.05, 0) is 68.7 Å². The molecule has 1 aliphatic carbocycles. The maximum atomic E-state index is 14.3. The molecule has 0 atom stereocenters. The molecule has 0 saturated carbocycles. The molecular weight excluding hydrogens is 595 g/mol. The van der Waals surface area contributed by atoms with Crippen molar-refractivity contribution in [3.05, 3.63) is 89.4 Å². The average Bonchev–Trinajstić information content (AvgIpc) is 3.03. The van der Waals surface area contributed by atoms with Crippen LogP contribution in [0.3, 0.4) is 0 Å². The minimum absolute atomic E-state index is 0.0568. The van der Waals surface area contributed by atoms with Gasteiger partial charge < -0.3 is 25.4 Å². The summed E-state index contributed by atoms with van der Waals surface area (Å²) in [5.74, 6) is -0.420. The summed E-state index contributed by atoms with van der Waals surface area (Å²) in [7, 11) is 0. The minimum Gasteiger partial charge on any atom is -0.424 e. The lowest BCUT2D eigenvalue weighted by atomic mass is 10.00. The number of halogens is 1. The number of amides is 2. The Bertz CT molecular complexity index is 1560. The third kappa shape index (κ3) is 8.79. The van der Waals surface area contributed by atoms with Gasteiger partial charge in [-0.25, -0.2) is 14.4 Å². The molecule has 2 aromatic heterocycles. The number of hydrogen-bond acceptors (Lipinski definition) is 10. The van der Waals surface area contributed by atoms with Gasteiger partial charge in [0, 0.05) is 67.2 Å². The van der Waals surface area contributed by atoms with Gasteiger partial charge in [0.1, 0.15) is 17.3 Å². The molecule has 0 unspecified atom stereocenters. The fourth-order valence-corrected chi connectivity index (χ4v) is 5.74. The molecule has 2 amide bonds. The molecule has 0 bridgehead atoms. The van der Waals surface area contributed by atoms with Crippen LogP contribution in [0.2, 0.25) is 0 Å². The molecule has 1 aliphatic heterocycles. The number of allylic oxidation sites excluding steroid dienone is 3. The van der Waals surface area contributed by atoms with Crippen molar-refractivity contribution in [1.82, 2.24) is 24.8 Å². The summed E-state index contributed by atoms with van der Waals surface area (Å²) < 4.78 is 23.3. The molecule has 45 heavy (non-hydrogen) atoms. The van der Waals surface area contributed by atoms with E-state index >= 15 is 0 Å². The first-order chi connectivity index (χ1) is 21.8. The number of carbonyl (C=O) groups is 2. The first kappa shape index (κ1) is 31.9. The summed E-state index contributed by atoms with van der Waals surface area (Å²) in [5, 5.41) is 2.83. The van der Waals surface area contributed by atoms with Crippen molar-refractivity contribution in [2.45, 2.75) is 45.2 Å². The first-order valence-corrected chi connectivity index (χ1v) is 16.0. The fourth-order valence-electron chi connectivity index (χ4n) is 5.37. The van der Waals surface area contributed by atoms with E-state index in [4.69, 9.17) is 10.5 Å². The van der Waals surface area contributed by atoms with Gasteiger partial charge in [0.25, 0.3) is 5.91 Å². The second-order valence-corrected chi connectivity index (χ2v) is 11.5. The molecule has 1 fully saturated rings. The molecule has 5 rings (SSSR count). The molecule has 2 aliphatic rings. The zero-order valence-electron chi connectivity index (χ0n) is 25.3. The van der Waals surface area contributed by atoms with Crippen molar-refractivity contribution < 1.29 is 18.7 Å². The SMILES string of the molecule is CSNc1ccc(Oc2ncc(CN3CCC(N(CC(=O)Nc4ccc(C(N)=O)nc4)C4=CCCC(F)=C4)CC3)c(C)n2)cc1. The van der Waals surface area contributed by atoms with Crippen LogP contribution in [0, 0.1) is 6.92 Å². The van der Waals surface area contributed by atoms with Gasteiger partial charge in [0.2, 0.25) is 5.91 Å². The average molecular weight is 633 g/mol. The third-order valence-electron chi connectivity index (χ3n) is 7.72. The summed E-state index contributed by atoms with van der Waals surface area (Å²) in [4.78, 5) is 41.7. The van der Waals surface area contributed by atoms with Crippen LogP contribution in [-0.4, -0.2) is 68.5 Å². The number of aromatic nitrogens is 3. The Hall–Kier alpha value is -4.49. The van der Waals surface area contributed by atoms with Gasteiger partial charge in [-0.2, -0.15) is 4.98 Å². The second kappa shape index (κ2) is 15.0. The number of nitrogens with one attached hydrogen (secondary N) is 2. The van der Waals surface area contributed by atoms with Crippen molar-refractivity contribution in [3.63, 3.8) is 0 Å². The van der Waals surface area contributed by atoms with Crippen molar-refractivity contribution >= 4 is 35.1 Å². The third-order valence-corrected chi connectivity index (χ3v) is 8.16. The van der Waals surface area contributed by atoms with Crippen LogP contribution >= 0.6 is 11.9 Å². The van der Waals surface area contributed by atoms with E-state index in [1.807, 2.05) is 54.6 Å². The fraction of sp³-hybridized carbons (Fsp3) is 0.344. The molecule has 3 aromatic rings. The minimum atomic E-state index is -0.640. The molecule has 4 N–H and O–H groups in total. The second-order valence-electron chi connectivity index (χ2n) is 10.9. The number of ether oxygens (including phenoxy) is 1. The Labute approximate surface area is 266 Å². The van der Waals surface area contributed by atoms with Gasteiger partial charge in [0.15, 0.2) is 0 Å². The first-order valence-electron chi connectivity index (χ1n) is 14.8. The van der Waals surface area contributed by atoms with Crippen LogP contribution in [0.25, 0.3) is 0 Å². The number of aryl methyl sites for hydroxylation is 1. The Kier molecular flexibility index (Phi) is 10.6. The van der Waals surface area contributed by atoms with Gasteiger partial charge >= 0.3 is 6.01 Å². The van der Waals surface area contributed by atoms with E-state index in [2.05, 4.69) is 29.9 Å². The highest BCUT2D eigenvalue weighted by Crippen LogP contribution is 2.28. The Balaban J connectivity index is 1.18. The van der Waals surface area contributed by atoms with Gasteiger partial charge in [-0.1, -0.05) is 18.0 Å². The molecule has 11 nitrogen and oxygen atoms in total. The molecule has 13 heteroatoms. The zero-order chi connectivity index (χ0) is 31.8. The molecule has 236 valence electrons. The molecular formula is C32H37FN8O3S. The van der Waals surface area contributed by atoms with Gasteiger partial charge in [-0.15, -0.1) is 0 Å². The number of rotatable bonds is 12. The summed E-state index contributed by atoms with van der Waals surface area (Å²) in [6, 6.07) is 11.0. The Morgan fingerprint density at radius 3 is 2.51 bits per heavy atom. The lowest BCUT2D eigenvalue weighted by molar-refractivity contribution is -0.117. The molecule has 3 heterocycles. The molecule has 0 radical (unpaired) electrons. The summed E-state index contributed by atoms with van der Waals surface area (Å²) in [6.45, 7) is 4.31. The van der Waals surface area contributed by atoms with E-state index < -0.39 is 5.91 Å². The van der Waals surface area contributed by atoms with E-state index in [0.29, 0.717) is 36.8 Å². The van der Waals surface area contributed by atoms with Crippen molar-refractivity contribution in [1.29, 1.82) is 0 Å². The number of nitrogens with two attached hydrogens (primary N) is 1. The number of pyridine rings is 1. The zero-order valence-corrected chi connectivity index (χ0v) is 26.1. The van der Waals surface area contributed by atoms with Crippen molar-refractivity contribution in [2.75, 3.05) is 35.9 Å². The highest BCUT2D eigenvalue weighted by atomic mass is 32.2. The predicted octanol–water partition coefficient (Wildman–Crippen LogP) is 5.20. The number of likely N-dealkylation sites (tertiary alicyclic amines) is 1. The quantitative estimate of drug-likeness (QED) is 0.229. The summed E-state index contributed by atoms with van der Waals surface area (Å²) in [6.07, 6.45) is 11.3. The van der Waals surface area contributed by atoms with Crippen LogP contribution in [-0.2, 0) is 11.3 Å². The number of carbonyl (C=O) groups excluding carboxylic acids is 2. The number of nitrogens with zero attached hydrogens (tertiary/aromatic N) is 5. The number of anilines is 2. The number of piperidine rings is 1.